The van der Waals surface area contributed by atoms with Crippen LogP contribution in [-0.2, 0) is 28.7 Å². The van der Waals surface area contributed by atoms with Gasteiger partial charge in [0.2, 0.25) is 17.7 Å². The SMILES string of the molecule is CCCC(C)N1C/C=C\CCC(=O)N(C)[C@@H](C)[C@H](c2ccccc2)OC(=O)[C@@H]2[C@H]3C(=O)N([C@@H](CO)[C@@H](C)CC)[C@H](C1=O)[C@]31C=C[C@H]2O1. The first-order valence-corrected chi connectivity index (χ1v) is 17.3. The summed E-state index contributed by atoms with van der Waals surface area (Å²) in [5.74, 6) is -3.47. The van der Waals surface area contributed by atoms with E-state index in [2.05, 4.69) is 6.92 Å². The Morgan fingerprint density at radius 1 is 1.04 bits per heavy atom. The molecule has 1 aromatic rings. The first kappa shape index (κ1) is 34.8. The van der Waals surface area contributed by atoms with E-state index in [1.54, 1.807) is 29.0 Å². The summed E-state index contributed by atoms with van der Waals surface area (Å²) in [6.07, 6.45) is 8.89. The maximum atomic E-state index is 14.9. The van der Waals surface area contributed by atoms with Crippen molar-refractivity contribution in [2.75, 3.05) is 20.2 Å². The van der Waals surface area contributed by atoms with Gasteiger partial charge in [0.1, 0.15) is 23.7 Å². The summed E-state index contributed by atoms with van der Waals surface area (Å²) >= 11 is 0. The van der Waals surface area contributed by atoms with Gasteiger partial charge in [-0.1, -0.05) is 88.2 Å². The number of fused-ring (bicyclic) bond motifs is 2. The van der Waals surface area contributed by atoms with Crippen LogP contribution in [0, 0.1) is 17.8 Å². The predicted molar refractivity (Wildman–Crippen MR) is 177 cm³/mol. The topological polar surface area (TPSA) is 117 Å². The van der Waals surface area contributed by atoms with Gasteiger partial charge in [-0.25, -0.2) is 0 Å². The molecule has 10 nitrogen and oxygen atoms in total. The van der Waals surface area contributed by atoms with Crippen LogP contribution < -0.4 is 0 Å². The van der Waals surface area contributed by atoms with Gasteiger partial charge in [-0.05, 0) is 38.2 Å². The van der Waals surface area contributed by atoms with Crippen LogP contribution in [0.5, 0.6) is 0 Å². The Bertz CT molecular complexity index is 1380. The highest BCUT2D eigenvalue weighted by molar-refractivity contribution is 5.99. The summed E-state index contributed by atoms with van der Waals surface area (Å²) in [4.78, 5) is 62.2. The first-order valence-electron chi connectivity index (χ1n) is 17.3. The zero-order valence-electron chi connectivity index (χ0n) is 28.6. The molecule has 1 unspecified atom stereocenters. The van der Waals surface area contributed by atoms with Gasteiger partial charge in [-0.2, -0.15) is 0 Å². The lowest BCUT2D eigenvalue weighted by atomic mass is 9.74. The van der Waals surface area contributed by atoms with Crippen molar-refractivity contribution in [1.82, 2.24) is 14.7 Å². The molecule has 256 valence electrons. The van der Waals surface area contributed by atoms with Crippen LogP contribution in [0.3, 0.4) is 0 Å². The molecule has 1 aromatic carbocycles. The number of carbonyl (C=O) groups excluding carboxylic acids is 4. The molecule has 2 saturated heterocycles. The monoisotopic (exact) mass is 649 g/mol. The Morgan fingerprint density at radius 2 is 1.77 bits per heavy atom. The first-order chi connectivity index (χ1) is 22.5. The molecule has 5 bridgehead atoms. The third-order valence-electron chi connectivity index (χ3n) is 11.0. The van der Waals surface area contributed by atoms with Crippen LogP contribution in [0.15, 0.2) is 54.6 Å². The van der Waals surface area contributed by atoms with Crippen molar-refractivity contribution in [1.29, 1.82) is 0 Å². The fraction of sp³-hybridized carbons (Fsp3) is 0.622. The predicted octanol–water partition coefficient (Wildman–Crippen LogP) is 4.04. The fourth-order valence-corrected chi connectivity index (χ4v) is 7.96. The Hall–Kier alpha value is -3.50. The van der Waals surface area contributed by atoms with Crippen LogP contribution in [0.2, 0.25) is 0 Å². The molecule has 10 atom stereocenters. The Balaban J connectivity index is 1.64. The number of esters is 1. The van der Waals surface area contributed by atoms with E-state index in [1.807, 2.05) is 70.2 Å². The number of likely N-dealkylation sites (N-methyl/N-ethyl adjacent to an activating group) is 1. The van der Waals surface area contributed by atoms with Crippen LogP contribution in [0.4, 0.5) is 0 Å². The number of cyclic esters (lactones) is 1. The average Bonchev–Trinajstić information content (AvgIpc) is 3.72. The molecule has 4 aliphatic rings. The summed E-state index contributed by atoms with van der Waals surface area (Å²) in [6.45, 7) is 9.84. The minimum absolute atomic E-state index is 0.0918. The Morgan fingerprint density at radius 3 is 2.43 bits per heavy atom. The second kappa shape index (κ2) is 14.3. The average molecular weight is 650 g/mol. The van der Waals surface area contributed by atoms with E-state index in [9.17, 15) is 24.3 Å². The van der Waals surface area contributed by atoms with Crippen molar-refractivity contribution in [2.24, 2.45) is 17.8 Å². The van der Waals surface area contributed by atoms with Gasteiger partial charge < -0.3 is 29.3 Å². The molecule has 5 rings (SSSR count). The number of ether oxygens (including phenoxy) is 2. The molecule has 3 amide bonds. The van der Waals surface area contributed by atoms with E-state index in [-0.39, 0.29) is 42.7 Å². The highest BCUT2D eigenvalue weighted by Gasteiger charge is 2.74. The summed E-state index contributed by atoms with van der Waals surface area (Å²) < 4.78 is 12.9. The number of hydrogen-bond acceptors (Lipinski definition) is 7. The summed E-state index contributed by atoms with van der Waals surface area (Å²) in [7, 11) is 1.72. The van der Waals surface area contributed by atoms with Crippen molar-refractivity contribution in [3.63, 3.8) is 0 Å². The summed E-state index contributed by atoms with van der Waals surface area (Å²) in [5.41, 5.74) is -0.656. The maximum Gasteiger partial charge on any atom is 0.313 e. The van der Waals surface area contributed by atoms with Crippen LogP contribution in [-0.4, -0.2) is 99.6 Å². The van der Waals surface area contributed by atoms with E-state index in [0.717, 1.165) is 18.4 Å². The largest absolute Gasteiger partial charge is 0.455 e. The molecule has 2 fully saturated rings. The number of nitrogens with zero attached hydrogens (tertiary/aromatic N) is 3. The van der Waals surface area contributed by atoms with Crippen molar-refractivity contribution < 1.29 is 33.8 Å². The molecule has 1 N–H and O–H groups in total. The van der Waals surface area contributed by atoms with Gasteiger partial charge in [-0.3, -0.25) is 19.2 Å². The van der Waals surface area contributed by atoms with E-state index >= 15 is 0 Å². The number of rotatable bonds is 8. The molecular formula is C37H51N3O7. The van der Waals surface area contributed by atoms with E-state index < -0.39 is 53.7 Å². The molecule has 4 heterocycles. The van der Waals surface area contributed by atoms with E-state index in [4.69, 9.17) is 9.47 Å². The fourth-order valence-electron chi connectivity index (χ4n) is 7.96. The quantitative estimate of drug-likeness (QED) is 0.334. The smallest absolute Gasteiger partial charge is 0.313 e. The normalized spacial score (nSPS) is 34.0. The molecular weight excluding hydrogens is 598 g/mol. The number of likely N-dealkylation sites (tertiary alicyclic amines) is 1. The lowest BCUT2D eigenvalue weighted by molar-refractivity contribution is -0.164. The van der Waals surface area contributed by atoms with Crippen LogP contribution in [0.25, 0.3) is 0 Å². The Labute approximate surface area is 278 Å². The molecule has 1 spiro atoms. The van der Waals surface area contributed by atoms with Crippen molar-refractivity contribution in [2.45, 2.75) is 109 Å². The number of amides is 3. The molecule has 0 radical (unpaired) electrons. The minimum Gasteiger partial charge on any atom is -0.455 e. The van der Waals surface area contributed by atoms with Gasteiger partial charge in [-0.15, -0.1) is 0 Å². The van der Waals surface area contributed by atoms with Gasteiger partial charge in [0.25, 0.3) is 0 Å². The molecule has 0 aromatic heterocycles. The zero-order chi connectivity index (χ0) is 34.0. The van der Waals surface area contributed by atoms with Crippen LogP contribution >= 0.6 is 0 Å². The number of carbonyl (C=O) groups is 4. The number of benzene rings is 1. The van der Waals surface area contributed by atoms with Gasteiger partial charge in [0.05, 0.1) is 30.7 Å². The second-order valence-corrected chi connectivity index (χ2v) is 13.7. The van der Waals surface area contributed by atoms with Crippen molar-refractivity contribution >= 4 is 23.7 Å². The molecule has 47 heavy (non-hydrogen) atoms. The van der Waals surface area contributed by atoms with Crippen LogP contribution in [0.1, 0.15) is 78.4 Å². The van der Waals surface area contributed by atoms with Crippen molar-refractivity contribution in [3.8, 4) is 0 Å². The third kappa shape index (κ3) is 6.15. The maximum absolute atomic E-state index is 14.9. The number of aliphatic hydroxyl groups excluding tert-OH is 1. The van der Waals surface area contributed by atoms with E-state index in [1.165, 1.54) is 4.90 Å². The molecule has 0 aliphatic carbocycles. The second-order valence-electron chi connectivity index (χ2n) is 13.7. The number of aliphatic hydroxyl groups is 1. The molecule has 0 saturated carbocycles. The standard InChI is InChI=1S/C37H51N3O7/c1-7-15-24(4)39-21-14-10-13-18-29(42)38(6)25(5)32(26-16-11-9-12-17-26)46-36(45)30-28-19-20-37(47-28)31(30)34(43)40(33(37)35(39)44)27(22-41)23(3)8-2/h9-12,14,16-17,19-20,23-25,27-28,30-33,41H,7-8,13,15,18,21-22H2,1-6H3/b14-10-/t23-,24?,25-,27-,28+,30-,31-,32+,33+,37-/m0/s1. The Kier molecular flexibility index (Phi) is 10.6. The third-order valence-corrected chi connectivity index (χ3v) is 11.0. The molecule has 10 heteroatoms. The highest BCUT2D eigenvalue weighted by atomic mass is 16.6. The summed E-state index contributed by atoms with van der Waals surface area (Å²) in [5, 5.41) is 10.7. The lowest BCUT2D eigenvalue weighted by Crippen LogP contribution is -2.60. The van der Waals surface area contributed by atoms with Crippen molar-refractivity contribution in [3.05, 3.63) is 60.2 Å². The number of allylic oxidation sites excluding steroid dienone is 1. The zero-order valence-corrected chi connectivity index (χ0v) is 28.6. The van der Waals surface area contributed by atoms with Gasteiger partial charge in [0.15, 0.2) is 0 Å². The summed E-state index contributed by atoms with van der Waals surface area (Å²) in [6, 6.07) is 6.94. The number of hydrogen-bond donors (Lipinski definition) is 1. The van der Waals surface area contributed by atoms with E-state index in [0.29, 0.717) is 19.4 Å². The molecule has 4 aliphatic heterocycles. The highest BCUT2D eigenvalue weighted by Crippen LogP contribution is 2.56. The lowest BCUT2D eigenvalue weighted by Gasteiger charge is -2.41. The van der Waals surface area contributed by atoms with Gasteiger partial charge >= 0.3 is 5.97 Å². The minimum atomic E-state index is -1.38. The van der Waals surface area contributed by atoms with Gasteiger partial charge in [0, 0.05) is 26.1 Å².